The Labute approximate surface area is 209 Å². The summed E-state index contributed by atoms with van der Waals surface area (Å²) in [5, 5.41) is 4.01. The molecule has 13 nitrogen and oxygen atoms in total. The Morgan fingerprint density at radius 3 is 2.56 bits per heavy atom. The molecule has 6 heterocycles. The molecule has 1 unspecified atom stereocenters. The number of morpholine rings is 1. The van der Waals surface area contributed by atoms with Gasteiger partial charge in [0.2, 0.25) is 21.9 Å². The molecule has 190 valence electrons. The normalized spacial score (nSPS) is 21.0. The van der Waals surface area contributed by atoms with Gasteiger partial charge in [-0.1, -0.05) is 0 Å². The van der Waals surface area contributed by atoms with Gasteiger partial charge in [-0.25, -0.2) is 23.4 Å². The van der Waals surface area contributed by atoms with Crippen LogP contribution in [-0.2, 0) is 28.2 Å². The highest BCUT2D eigenvalue weighted by molar-refractivity contribution is 7.89. The lowest BCUT2D eigenvalue weighted by atomic mass is 10.1. The zero-order valence-corrected chi connectivity index (χ0v) is 21.0. The first-order valence-electron chi connectivity index (χ1n) is 11.9. The van der Waals surface area contributed by atoms with Gasteiger partial charge in [0.15, 0.2) is 0 Å². The number of rotatable bonds is 5. The maximum absolute atomic E-state index is 13.0. The molecule has 2 N–H and O–H groups in total. The molecule has 3 aliphatic heterocycles. The molecule has 0 radical (unpaired) electrons. The number of nitrogens with zero attached hydrogens (tertiary/aromatic N) is 9. The maximum atomic E-state index is 13.0. The molecule has 0 bridgehead atoms. The van der Waals surface area contributed by atoms with Crippen LogP contribution in [0.3, 0.4) is 0 Å². The topological polar surface area (TPSA) is 148 Å². The number of fused-ring (bicyclic) bond motifs is 1. The smallest absolute Gasteiger partial charge is 0.246 e. The minimum Gasteiger partial charge on any atom is -0.377 e. The monoisotopic (exact) mass is 512 g/mol. The molecule has 14 heteroatoms. The zero-order chi connectivity index (χ0) is 25.0. The molecule has 0 saturated carbocycles. The molecule has 0 aliphatic carbocycles. The van der Waals surface area contributed by atoms with Gasteiger partial charge in [0.1, 0.15) is 10.7 Å². The number of anilines is 3. The largest absolute Gasteiger partial charge is 0.377 e. The molecule has 2 fully saturated rings. The summed E-state index contributed by atoms with van der Waals surface area (Å²) in [6.45, 7) is 5.52. The number of aromatic nitrogens is 6. The standard InChI is InChI=1S/C22H28N10O3S/c1-14-13-35-6-5-31(14)22-27-19(15-7-24-21(23)25-8-15)18-3-4-32(20(18)28-22)16-10-30(11-16)36(33,34)17-9-26-29(2)12-17/h7-9,12,14,16H,3-6,10-11,13H2,1-2H3,(H2,23,24,25). The molecule has 3 aromatic heterocycles. The van der Waals surface area contributed by atoms with Gasteiger partial charge >= 0.3 is 0 Å². The zero-order valence-electron chi connectivity index (χ0n) is 20.1. The van der Waals surface area contributed by atoms with Crippen LogP contribution in [0.15, 0.2) is 29.7 Å². The van der Waals surface area contributed by atoms with Crippen molar-refractivity contribution in [3.05, 3.63) is 30.4 Å². The molecule has 3 aliphatic rings. The summed E-state index contributed by atoms with van der Waals surface area (Å²) < 4.78 is 34.6. The van der Waals surface area contributed by atoms with E-state index in [9.17, 15) is 8.42 Å². The predicted molar refractivity (Wildman–Crippen MR) is 132 cm³/mol. The van der Waals surface area contributed by atoms with E-state index in [-0.39, 0.29) is 22.9 Å². The Bertz CT molecular complexity index is 1390. The summed E-state index contributed by atoms with van der Waals surface area (Å²) in [5.74, 6) is 1.67. The van der Waals surface area contributed by atoms with E-state index in [1.165, 1.54) is 21.4 Å². The second kappa shape index (κ2) is 8.64. The van der Waals surface area contributed by atoms with Crippen LogP contribution in [0.4, 0.5) is 17.7 Å². The van der Waals surface area contributed by atoms with Crippen molar-refractivity contribution in [2.45, 2.75) is 30.3 Å². The Hall–Kier alpha value is -3.36. The second-order valence-electron chi connectivity index (χ2n) is 9.39. The van der Waals surface area contributed by atoms with Crippen molar-refractivity contribution in [1.29, 1.82) is 0 Å². The Morgan fingerprint density at radius 2 is 1.86 bits per heavy atom. The van der Waals surface area contributed by atoms with Crippen molar-refractivity contribution < 1.29 is 13.2 Å². The number of sulfonamides is 1. The third-order valence-electron chi connectivity index (χ3n) is 7.01. The second-order valence-corrected chi connectivity index (χ2v) is 11.3. The van der Waals surface area contributed by atoms with Crippen LogP contribution in [0, 0.1) is 0 Å². The summed E-state index contributed by atoms with van der Waals surface area (Å²) in [6, 6.07) is 0.157. The lowest BCUT2D eigenvalue weighted by Crippen LogP contribution is -2.60. The summed E-state index contributed by atoms with van der Waals surface area (Å²) >= 11 is 0. The molecular formula is C22H28N10O3S. The number of nitrogens with two attached hydrogens (primary N) is 1. The molecule has 36 heavy (non-hydrogen) atoms. The van der Waals surface area contributed by atoms with E-state index < -0.39 is 10.0 Å². The minimum absolute atomic E-state index is 0.0260. The summed E-state index contributed by atoms with van der Waals surface area (Å²) in [5.41, 5.74) is 8.30. The maximum Gasteiger partial charge on any atom is 0.246 e. The summed E-state index contributed by atoms with van der Waals surface area (Å²) in [7, 11) is -1.87. The van der Waals surface area contributed by atoms with E-state index in [0.717, 1.165) is 35.6 Å². The SMILES string of the molecule is CC1COCCN1c1nc(-c2cnc(N)nc2)c2c(n1)N(C1CN(S(=O)(=O)c3cnn(C)c3)C1)CC2. The van der Waals surface area contributed by atoms with Crippen LogP contribution in [0.25, 0.3) is 11.3 Å². The Kier molecular flexibility index (Phi) is 5.53. The fourth-order valence-corrected chi connectivity index (χ4v) is 6.47. The van der Waals surface area contributed by atoms with E-state index in [1.54, 1.807) is 19.4 Å². The minimum atomic E-state index is -3.57. The third-order valence-corrected chi connectivity index (χ3v) is 8.79. The summed E-state index contributed by atoms with van der Waals surface area (Å²) in [4.78, 5) is 22.9. The van der Waals surface area contributed by atoms with Gasteiger partial charge < -0.3 is 20.3 Å². The van der Waals surface area contributed by atoms with Gasteiger partial charge in [0.25, 0.3) is 0 Å². The van der Waals surface area contributed by atoms with Crippen LogP contribution >= 0.6 is 0 Å². The van der Waals surface area contributed by atoms with Crippen molar-refractivity contribution in [1.82, 2.24) is 34.0 Å². The first kappa shape index (κ1) is 23.1. The number of aryl methyl sites for hydroxylation is 1. The number of ether oxygens (including phenoxy) is 1. The van der Waals surface area contributed by atoms with Crippen LogP contribution in [0.5, 0.6) is 0 Å². The van der Waals surface area contributed by atoms with Crippen molar-refractivity contribution >= 4 is 27.7 Å². The van der Waals surface area contributed by atoms with Crippen LogP contribution in [0.2, 0.25) is 0 Å². The van der Waals surface area contributed by atoms with Gasteiger partial charge in [0, 0.05) is 62.9 Å². The third kappa shape index (κ3) is 3.85. The lowest BCUT2D eigenvalue weighted by molar-refractivity contribution is 0.0981. The van der Waals surface area contributed by atoms with Gasteiger partial charge in [-0.15, -0.1) is 0 Å². The number of hydrogen-bond acceptors (Lipinski definition) is 11. The molecule has 0 aromatic carbocycles. The average molecular weight is 513 g/mol. The van der Waals surface area contributed by atoms with E-state index >= 15 is 0 Å². The highest BCUT2D eigenvalue weighted by Crippen LogP contribution is 2.38. The van der Waals surface area contributed by atoms with Gasteiger partial charge in [-0.05, 0) is 13.3 Å². The molecule has 3 aromatic rings. The fourth-order valence-electron chi connectivity index (χ4n) is 4.96. The Morgan fingerprint density at radius 1 is 1.08 bits per heavy atom. The lowest BCUT2D eigenvalue weighted by Gasteiger charge is -2.43. The van der Waals surface area contributed by atoms with Crippen molar-refractivity contribution in [2.24, 2.45) is 7.05 Å². The first-order chi connectivity index (χ1) is 17.3. The van der Waals surface area contributed by atoms with Crippen LogP contribution in [0.1, 0.15) is 12.5 Å². The average Bonchev–Trinajstić information content (AvgIpc) is 3.45. The molecule has 1 atom stereocenters. The van der Waals surface area contributed by atoms with Crippen molar-refractivity contribution in [3.63, 3.8) is 0 Å². The highest BCUT2D eigenvalue weighted by atomic mass is 32.2. The van der Waals surface area contributed by atoms with Crippen LogP contribution in [-0.4, -0.2) is 93.9 Å². The molecule has 6 rings (SSSR count). The van der Waals surface area contributed by atoms with E-state index in [1.807, 2.05) is 0 Å². The quantitative estimate of drug-likeness (QED) is 0.489. The molecule has 2 saturated heterocycles. The van der Waals surface area contributed by atoms with E-state index in [4.69, 9.17) is 20.4 Å². The van der Waals surface area contributed by atoms with E-state index in [2.05, 4.69) is 31.8 Å². The highest BCUT2D eigenvalue weighted by Gasteiger charge is 2.43. The van der Waals surface area contributed by atoms with Gasteiger partial charge in [0.05, 0.1) is 37.2 Å². The predicted octanol–water partition coefficient (Wildman–Crippen LogP) is -0.0900. The van der Waals surface area contributed by atoms with Crippen molar-refractivity contribution in [2.75, 3.05) is 54.9 Å². The molecule has 0 spiro atoms. The molecule has 0 amide bonds. The molecular weight excluding hydrogens is 484 g/mol. The van der Waals surface area contributed by atoms with Gasteiger partial charge in [-0.3, -0.25) is 4.68 Å². The number of nitrogen functional groups attached to an aromatic ring is 1. The number of hydrogen-bond donors (Lipinski definition) is 1. The Balaban J connectivity index is 1.32. The van der Waals surface area contributed by atoms with Crippen LogP contribution < -0.4 is 15.5 Å². The van der Waals surface area contributed by atoms with Crippen molar-refractivity contribution in [3.8, 4) is 11.3 Å². The summed E-state index contributed by atoms with van der Waals surface area (Å²) in [6.07, 6.45) is 7.03. The van der Waals surface area contributed by atoms with E-state index in [0.29, 0.717) is 38.8 Å². The van der Waals surface area contributed by atoms with Gasteiger partial charge in [-0.2, -0.15) is 14.4 Å². The fraction of sp³-hybridized carbons (Fsp3) is 0.500. The first-order valence-corrected chi connectivity index (χ1v) is 13.3.